The molecule has 2 heterocycles. The first-order valence-corrected chi connectivity index (χ1v) is 11.2. The van der Waals surface area contributed by atoms with Gasteiger partial charge in [0.15, 0.2) is 0 Å². The smallest absolute Gasteiger partial charge is 0.0949 e. The molecule has 0 saturated heterocycles. The summed E-state index contributed by atoms with van der Waals surface area (Å²) in [6, 6.07) is 30.4. The third-order valence-electron chi connectivity index (χ3n) is 6.48. The molecule has 0 N–H and O–H groups in total. The predicted octanol–water partition coefficient (Wildman–Crippen LogP) is 7.35. The molecule has 2 heteroatoms. The van der Waals surface area contributed by atoms with E-state index in [9.17, 15) is 0 Å². The number of pyridine rings is 1. The quantitative estimate of drug-likeness (QED) is 0.346. The van der Waals surface area contributed by atoms with Crippen LogP contribution in [-0.2, 0) is 6.54 Å². The fraction of sp³-hybridized carbons (Fsp3) is 0.207. The molecule has 5 rings (SSSR count). The Bertz CT molecular complexity index is 1210. The summed E-state index contributed by atoms with van der Waals surface area (Å²) in [5, 5.41) is 1.19. The molecule has 154 valence electrons. The summed E-state index contributed by atoms with van der Waals surface area (Å²) in [7, 11) is 0. The van der Waals surface area contributed by atoms with E-state index in [2.05, 4.69) is 116 Å². The summed E-state index contributed by atoms with van der Waals surface area (Å²) in [6.45, 7) is 5.51. The number of aromatic nitrogens is 1. The summed E-state index contributed by atoms with van der Waals surface area (Å²) in [5.41, 5.74) is 7.10. The van der Waals surface area contributed by atoms with Crippen molar-refractivity contribution in [2.45, 2.75) is 32.9 Å². The van der Waals surface area contributed by atoms with Gasteiger partial charge < -0.3 is 4.90 Å². The lowest BCUT2D eigenvalue weighted by atomic mass is 9.90. The lowest BCUT2D eigenvalue weighted by Gasteiger charge is -2.39. The summed E-state index contributed by atoms with van der Waals surface area (Å²) in [5.74, 6) is 0.556. The van der Waals surface area contributed by atoms with Crippen molar-refractivity contribution in [2.75, 3.05) is 4.90 Å². The predicted molar refractivity (Wildman–Crippen MR) is 132 cm³/mol. The molecule has 1 aromatic heterocycles. The number of hydrogen-bond acceptors (Lipinski definition) is 2. The van der Waals surface area contributed by atoms with Crippen molar-refractivity contribution in [1.82, 2.24) is 4.98 Å². The average Bonchev–Trinajstić information content (AvgIpc) is 2.84. The average molecular weight is 405 g/mol. The zero-order valence-electron chi connectivity index (χ0n) is 18.2. The first-order chi connectivity index (χ1) is 15.2. The van der Waals surface area contributed by atoms with Crippen LogP contribution in [0.15, 0.2) is 91.0 Å². The molecule has 3 aromatic carbocycles. The van der Waals surface area contributed by atoms with E-state index in [1.807, 2.05) is 0 Å². The highest BCUT2D eigenvalue weighted by atomic mass is 15.2. The van der Waals surface area contributed by atoms with Crippen LogP contribution in [0.1, 0.15) is 31.4 Å². The summed E-state index contributed by atoms with van der Waals surface area (Å²) in [4.78, 5) is 7.77. The molecule has 2 atom stereocenters. The maximum atomic E-state index is 5.19. The molecular weight excluding hydrogens is 376 g/mol. The molecule has 4 aromatic rings. The van der Waals surface area contributed by atoms with Crippen LogP contribution >= 0.6 is 0 Å². The maximum Gasteiger partial charge on any atom is 0.0949 e. The van der Waals surface area contributed by atoms with Gasteiger partial charge in [-0.1, -0.05) is 111 Å². The molecule has 2 nitrogen and oxygen atoms in total. The Hall–Kier alpha value is -3.39. The fourth-order valence-corrected chi connectivity index (χ4v) is 4.55. The van der Waals surface area contributed by atoms with Gasteiger partial charge in [0, 0.05) is 17.5 Å². The molecule has 31 heavy (non-hydrogen) atoms. The largest absolute Gasteiger partial charge is 0.358 e. The molecule has 2 unspecified atom stereocenters. The van der Waals surface area contributed by atoms with Gasteiger partial charge in [-0.3, -0.25) is 0 Å². The van der Waals surface area contributed by atoms with Crippen molar-refractivity contribution in [3.8, 4) is 11.3 Å². The SMILES string of the molecule is CCC(C)C1C=Cc2ccc3ccc(-c4ccccc4)nc3c2N1Cc1ccccc1. The molecule has 0 radical (unpaired) electrons. The fourth-order valence-electron chi connectivity index (χ4n) is 4.55. The minimum atomic E-state index is 0.352. The van der Waals surface area contributed by atoms with E-state index in [1.54, 1.807) is 0 Å². The molecule has 1 aliphatic rings. The Morgan fingerprint density at radius 2 is 1.58 bits per heavy atom. The lowest BCUT2D eigenvalue weighted by molar-refractivity contribution is 0.467. The Kier molecular flexibility index (Phi) is 5.30. The van der Waals surface area contributed by atoms with Gasteiger partial charge in [0.2, 0.25) is 0 Å². The number of benzene rings is 3. The van der Waals surface area contributed by atoms with Gasteiger partial charge in [0.05, 0.1) is 22.9 Å². The van der Waals surface area contributed by atoms with Gasteiger partial charge in [-0.2, -0.15) is 0 Å². The second-order valence-electron chi connectivity index (χ2n) is 8.49. The Morgan fingerprint density at radius 1 is 0.871 bits per heavy atom. The standard InChI is InChI=1S/C29H28N2/c1-3-21(2)27-19-17-25-15-14-24-16-18-26(23-12-8-5-9-13-23)30-28(24)29(25)31(27)20-22-10-6-4-7-11-22/h4-19,21,27H,3,20H2,1-2H3. The number of anilines is 1. The zero-order chi connectivity index (χ0) is 21.2. The van der Waals surface area contributed by atoms with E-state index in [0.29, 0.717) is 12.0 Å². The minimum Gasteiger partial charge on any atom is -0.358 e. The first kappa shape index (κ1) is 19.6. The van der Waals surface area contributed by atoms with E-state index in [4.69, 9.17) is 4.98 Å². The second-order valence-corrected chi connectivity index (χ2v) is 8.49. The summed E-state index contributed by atoms with van der Waals surface area (Å²) >= 11 is 0. The minimum absolute atomic E-state index is 0.352. The molecule has 0 aliphatic carbocycles. The number of rotatable bonds is 5. The van der Waals surface area contributed by atoms with Gasteiger partial charge in [-0.15, -0.1) is 0 Å². The van der Waals surface area contributed by atoms with E-state index in [-0.39, 0.29) is 0 Å². The summed E-state index contributed by atoms with van der Waals surface area (Å²) in [6.07, 6.45) is 5.82. The highest BCUT2D eigenvalue weighted by molar-refractivity contribution is 5.98. The number of hydrogen-bond donors (Lipinski definition) is 0. The van der Waals surface area contributed by atoms with E-state index in [0.717, 1.165) is 29.7 Å². The highest BCUT2D eigenvalue weighted by Crippen LogP contribution is 2.39. The van der Waals surface area contributed by atoms with E-state index < -0.39 is 0 Å². The van der Waals surface area contributed by atoms with Crippen LogP contribution in [0.3, 0.4) is 0 Å². The van der Waals surface area contributed by atoms with Gasteiger partial charge in [0.1, 0.15) is 0 Å². The third kappa shape index (κ3) is 3.74. The van der Waals surface area contributed by atoms with Crippen molar-refractivity contribution >= 4 is 22.7 Å². The van der Waals surface area contributed by atoms with E-state index >= 15 is 0 Å². The van der Waals surface area contributed by atoms with Crippen LogP contribution in [0.4, 0.5) is 5.69 Å². The van der Waals surface area contributed by atoms with Gasteiger partial charge in [-0.05, 0) is 23.1 Å². The molecule has 0 fully saturated rings. The van der Waals surface area contributed by atoms with Gasteiger partial charge in [-0.25, -0.2) is 4.98 Å². The van der Waals surface area contributed by atoms with Crippen molar-refractivity contribution in [2.24, 2.45) is 5.92 Å². The van der Waals surface area contributed by atoms with Crippen LogP contribution in [-0.4, -0.2) is 11.0 Å². The molecule has 1 aliphatic heterocycles. The molecule has 0 amide bonds. The van der Waals surface area contributed by atoms with Gasteiger partial charge in [0.25, 0.3) is 0 Å². The van der Waals surface area contributed by atoms with Crippen LogP contribution in [0.2, 0.25) is 0 Å². The number of fused-ring (bicyclic) bond motifs is 3. The van der Waals surface area contributed by atoms with Crippen LogP contribution in [0.25, 0.3) is 28.2 Å². The normalized spacial score (nSPS) is 16.3. The first-order valence-electron chi connectivity index (χ1n) is 11.2. The maximum absolute atomic E-state index is 5.19. The second kappa shape index (κ2) is 8.39. The van der Waals surface area contributed by atoms with Gasteiger partial charge >= 0.3 is 0 Å². The Labute approximate surface area is 184 Å². The molecule has 0 bridgehead atoms. The third-order valence-corrected chi connectivity index (χ3v) is 6.48. The molecule has 0 spiro atoms. The molecular formula is C29H28N2. The Balaban J connectivity index is 1.69. The number of nitrogens with zero attached hydrogens (tertiary/aromatic N) is 2. The van der Waals surface area contributed by atoms with Crippen molar-refractivity contribution < 1.29 is 0 Å². The Morgan fingerprint density at radius 3 is 2.32 bits per heavy atom. The van der Waals surface area contributed by atoms with Crippen molar-refractivity contribution in [1.29, 1.82) is 0 Å². The van der Waals surface area contributed by atoms with Crippen molar-refractivity contribution in [3.63, 3.8) is 0 Å². The van der Waals surface area contributed by atoms with Crippen molar-refractivity contribution in [3.05, 3.63) is 102 Å². The van der Waals surface area contributed by atoms with E-state index in [1.165, 1.54) is 22.2 Å². The summed E-state index contributed by atoms with van der Waals surface area (Å²) < 4.78 is 0. The monoisotopic (exact) mass is 404 g/mol. The lowest BCUT2D eigenvalue weighted by Crippen LogP contribution is -2.40. The van der Waals surface area contributed by atoms with Crippen LogP contribution < -0.4 is 4.90 Å². The highest BCUT2D eigenvalue weighted by Gasteiger charge is 2.28. The topological polar surface area (TPSA) is 16.1 Å². The zero-order valence-corrected chi connectivity index (χ0v) is 18.2. The van der Waals surface area contributed by atoms with Crippen LogP contribution in [0.5, 0.6) is 0 Å². The van der Waals surface area contributed by atoms with Crippen LogP contribution in [0, 0.1) is 5.92 Å². The molecule has 0 saturated carbocycles.